The molecule has 3 heterocycles. The van der Waals surface area contributed by atoms with E-state index in [0.29, 0.717) is 24.1 Å². The molecule has 7 heteroatoms. The number of hydrogen-bond donors (Lipinski definition) is 1. The van der Waals surface area contributed by atoms with Crippen LogP contribution in [0.1, 0.15) is 48.9 Å². The summed E-state index contributed by atoms with van der Waals surface area (Å²) in [5.41, 5.74) is -0.164. The van der Waals surface area contributed by atoms with Crippen LogP contribution in [0, 0.1) is 5.41 Å². The maximum Gasteiger partial charge on any atom is 0.190 e. The van der Waals surface area contributed by atoms with Crippen molar-refractivity contribution in [3.8, 4) is 0 Å². The fraction of sp³-hybridized carbons (Fsp3) is 0.480. The summed E-state index contributed by atoms with van der Waals surface area (Å²) in [4.78, 5) is 16.6. The van der Waals surface area contributed by atoms with Gasteiger partial charge in [0.1, 0.15) is 5.25 Å². The number of benzene rings is 1. The first-order chi connectivity index (χ1) is 15.0. The van der Waals surface area contributed by atoms with Gasteiger partial charge in [0.2, 0.25) is 0 Å². The molecule has 0 saturated carbocycles. The Balaban J connectivity index is 1.40. The third kappa shape index (κ3) is 4.76. The van der Waals surface area contributed by atoms with Crippen LogP contribution in [0.5, 0.6) is 0 Å². The first-order valence-corrected chi connectivity index (χ1v) is 13.4. The summed E-state index contributed by atoms with van der Waals surface area (Å²) in [6.45, 7) is 7.68. The average Bonchev–Trinajstić information content (AvgIpc) is 3.24. The summed E-state index contributed by atoms with van der Waals surface area (Å²) in [6, 6.07) is 13.9. The number of likely N-dealkylation sites (tertiary alicyclic amines) is 1. The van der Waals surface area contributed by atoms with Gasteiger partial charge in [-0.1, -0.05) is 51.1 Å². The molecule has 1 aromatic carbocycles. The maximum atomic E-state index is 13.1. The molecular formula is C25H31NO4S2. The minimum absolute atomic E-state index is 0.162. The number of carbonyl (C=O) groups is 1. The van der Waals surface area contributed by atoms with Gasteiger partial charge in [-0.05, 0) is 36.0 Å². The van der Waals surface area contributed by atoms with E-state index in [9.17, 15) is 18.3 Å². The van der Waals surface area contributed by atoms with Gasteiger partial charge in [-0.2, -0.15) is 0 Å². The Bertz CT molecular complexity index is 1120. The van der Waals surface area contributed by atoms with E-state index >= 15 is 0 Å². The summed E-state index contributed by atoms with van der Waals surface area (Å²) < 4.78 is 26.1. The Kier molecular flexibility index (Phi) is 6.22. The topological polar surface area (TPSA) is 74.7 Å². The van der Waals surface area contributed by atoms with Gasteiger partial charge in [-0.25, -0.2) is 8.42 Å². The lowest BCUT2D eigenvalue weighted by molar-refractivity contribution is -0.115. The van der Waals surface area contributed by atoms with Crippen LogP contribution < -0.4 is 0 Å². The molecule has 32 heavy (non-hydrogen) atoms. The number of hydrogen-bond acceptors (Lipinski definition) is 6. The Hall–Kier alpha value is -1.80. The highest BCUT2D eigenvalue weighted by Gasteiger charge is 2.48. The number of carbonyl (C=O) groups excluding carboxylic acids is 1. The number of piperidine rings is 1. The Morgan fingerprint density at radius 1 is 1.09 bits per heavy atom. The Morgan fingerprint density at radius 3 is 2.34 bits per heavy atom. The van der Waals surface area contributed by atoms with Crippen LogP contribution in [-0.4, -0.2) is 48.1 Å². The predicted octanol–water partition coefficient (Wildman–Crippen LogP) is 4.07. The third-order valence-corrected chi connectivity index (χ3v) is 10.1. The number of thiophene rings is 1. The van der Waals surface area contributed by atoms with Crippen molar-refractivity contribution < 1.29 is 18.3 Å². The fourth-order valence-electron chi connectivity index (χ4n) is 4.77. The lowest BCUT2D eigenvalue weighted by atomic mass is 9.85. The molecule has 0 amide bonds. The zero-order valence-corrected chi connectivity index (χ0v) is 20.5. The normalized spacial score (nSPS) is 23.3. The first kappa shape index (κ1) is 23.4. The van der Waals surface area contributed by atoms with Crippen molar-refractivity contribution in [3.63, 3.8) is 0 Å². The fourth-order valence-corrected chi connectivity index (χ4v) is 8.39. The van der Waals surface area contributed by atoms with Crippen molar-refractivity contribution in [2.24, 2.45) is 5.41 Å². The summed E-state index contributed by atoms with van der Waals surface area (Å²) >= 11 is 1.44. The van der Waals surface area contributed by atoms with E-state index in [4.69, 9.17) is 0 Å². The number of rotatable bonds is 5. The molecule has 0 radical (unpaired) electrons. The molecule has 1 atom stereocenters. The monoisotopic (exact) mass is 473 g/mol. The standard InChI is InChI=1S/C25H31NO4S2/c1-24(2,3)23-20(27)15-22(32(23,29)30)21-10-9-19(31-21)17-26-13-11-25(28,12-14-26)16-18-7-5-4-6-8-18/h4-10,15,23,28H,11-14,16-17H2,1-3H3. The molecule has 172 valence electrons. The number of aliphatic hydroxyl groups is 1. The molecule has 1 N–H and O–H groups in total. The van der Waals surface area contributed by atoms with Gasteiger partial charge >= 0.3 is 0 Å². The molecule has 4 rings (SSSR count). The summed E-state index contributed by atoms with van der Waals surface area (Å²) in [7, 11) is -3.68. The van der Waals surface area contributed by atoms with Gasteiger partial charge in [0.25, 0.3) is 0 Å². The molecule has 1 aromatic heterocycles. The highest BCUT2D eigenvalue weighted by atomic mass is 32.2. The second-order valence-electron chi connectivity index (χ2n) is 10.1. The second kappa shape index (κ2) is 8.52. The zero-order valence-electron chi connectivity index (χ0n) is 18.9. The Labute approximate surface area is 194 Å². The molecule has 0 bridgehead atoms. The van der Waals surface area contributed by atoms with E-state index in [2.05, 4.69) is 17.0 Å². The highest BCUT2D eigenvalue weighted by Crippen LogP contribution is 2.41. The lowest BCUT2D eigenvalue weighted by Gasteiger charge is -2.38. The largest absolute Gasteiger partial charge is 0.389 e. The average molecular weight is 474 g/mol. The molecule has 1 saturated heterocycles. The van der Waals surface area contributed by atoms with E-state index < -0.39 is 26.1 Å². The number of sulfone groups is 1. The van der Waals surface area contributed by atoms with Crippen LogP contribution in [0.25, 0.3) is 4.91 Å². The number of nitrogens with zero attached hydrogens (tertiary/aromatic N) is 1. The quantitative estimate of drug-likeness (QED) is 0.709. The molecule has 2 aliphatic heterocycles. The molecule has 2 aromatic rings. The smallest absolute Gasteiger partial charge is 0.190 e. The molecule has 2 aliphatic rings. The zero-order chi connectivity index (χ0) is 23.1. The predicted molar refractivity (Wildman–Crippen MR) is 129 cm³/mol. The van der Waals surface area contributed by atoms with Crippen LogP contribution in [-0.2, 0) is 27.6 Å². The van der Waals surface area contributed by atoms with Crippen molar-refractivity contribution in [1.82, 2.24) is 4.90 Å². The molecule has 0 spiro atoms. The summed E-state index contributed by atoms with van der Waals surface area (Å²) in [6.07, 6.45) is 3.40. The molecular weight excluding hydrogens is 442 g/mol. The van der Waals surface area contributed by atoms with Crippen molar-refractivity contribution in [1.29, 1.82) is 0 Å². The Morgan fingerprint density at radius 2 is 1.75 bits per heavy atom. The minimum atomic E-state index is -3.68. The third-order valence-electron chi connectivity index (χ3n) is 6.38. The van der Waals surface area contributed by atoms with Gasteiger partial charge in [-0.3, -0.25) is 9.69 Å². The number of allylic oxidation sites excluding steroid dienone is 1. The number of ketones is 1. The summed E-state index contributed by atoms with van der Waals surface area (Å²) in [5, 5.41) is 9.99. The van der Waals surface area contributed by atoms with Crippen molar-refractivity contribution in [2.45, 2.75) is 57.4 Å². The van der Waals surface area contributed by atoms with Crippen molar-refractivity contribution in [3.05, 3.63) is 63.9 Å². The highest BCUT2D eigenvalue weighted by molar-refractivity contribution is 8.02. The van der Waals surface area contributed by atoms with Crippen molar-refractivity contribution in [2.75, 3.05) is 13.1 Å². The molecule has 1 fully saturated rings. The van der Waals surface area contributed by atoms with Gasteiger partial charge in [0, 0.05) is 41.9 Å². The van der Waals surface area contributed by atoms with Crippen LogP contribution >= 0.6 is 11.3 Å². The van der Waals surface area contributed by atoms with E-state index in [-0.39, 0.29) is 10.7 Å². The molecule has 5 nitrogen and oxygen atoms in total. The van der Waals surface area contributed by atoms with E-state index in [1.807, 2.05) is 30.3 Å². The SMILES string of the molecule is CC(C)(C)C1C(=O)C=C(c2ccc(CN3CCC(O)(Cc4ccccc4)CC3)s2)S1(=O)=O. The second-order valence-corrected chi connectivity index (χ2v) is 13.3. The van der Waals surface area contributed by atoms with E-state index in [0.717, 1.165) is 30.1 Å². The minimum Gasteiger partial charge on any atom is -0.389 e. The van der Waals surface area contributed by atoms with Gasteiger partial charge < -0.3 is 5.11 Å². The maximum absolute atomic E-state index is 13.1. The van der Waals surface area contributed by atoms with Crippen LogP contribution in [0.4, 0.5) is 0 Å². The van der Waals surface area contributed by atoms with Crippen LogP contribution in [0.2, 0.25) is 0 Å². The van der Waals surface area contributed by atoms with Crippen molar-refractivity contribution >= 4 is 31.9 Å². The van der Waals surface area contributed by atoms with Gasteiger partial charge in [0.05, 0.1) is 10.5 Å². The van der Waals surface area contributed by atoms with Gasteiger partial charge in [-0.15, -0.1) is 11.3 Å². The van der Waals surface area contributed by atoms with Crippen LogP contribution in [0.15, 0.2) is 48.5 Å². The first-order valence-electron chi connectivity index (χ1n) is 11.1. The molecule has 0 aliphatic carbocycles. The van der Waals surface area contributed by atoms with E-state index in [1.165, 1.54) is 17.4 Å². The molecule has 1 unspecified atom stereocenters. The summed E-state index contributed by atoms with van der Waals surface area (Å²) in [5.74, 6) is -0.323. The van der Waals surface area contributed by atoms with Gasteiger partial charge in [0.15, 0.2) is 15.6 Å². The van der Waals surface area contributed by atoms with Crippen LogP contribution in [0.3, 0.4) is 0 Å². The lowest BCUT2D eigenvalue weighted by Crippen LogP contribution is -2.45. The van der Waals surface area contributed by atoms with E-state index in [1.54, 1.807) is 20.8 Å².